The number of amides is 2. The van der Waals surface area contributed by atoms with Crippen LogP contribution in [0.3, 0.4) is 0 Å². The zero-order valence-electron chi connectivity index (χ0n) is 10.6. The van der Waals surface area contributed by atoms with Gasteiger partial charge in [-0.15, -0.1) is 0 Å². The van der Waals surface area contributed by atoms with Crippen LogP contribution in [0.25, 0.3) is 0 Å². The number of ketones is 1. The number of carbonyl (C=O) groups excluding carboxylic acids is 3. The monoisotopic (exact) mass is 255 g/mol. The number of hydrogen-bond donors (Lipinski definition) is 3. The summed E-state index contributed by atoms with van der Waals surface area (Å²) in [6.45, 7) is 1.48. The van der Waals surface area contributed by atoms with E-state index in [2.05, 4.69) is 5.32 Å². The molecule has 2 amide bonds. The fourth-order valence-corrected chi connectivity index (χ4v) is 2.46. The molecule has 3 atom stereocenters. The van der Waals surface area contributed by atoms with E-state index in [9.17, 15) is 14.4 Å². The molecule has 0 radical (unpaired) electrons. The number of hydrogen-bond acceptors (Lipinski definition) is 4. The molecule has 0 aromatic heterocycles. The molecule has 6 nitrogen and oxygen atoms in total. The molecule has 0 spiro atoms. The maximum absolute atomic E-state index is 12.1. The lowest BCUT2D eigenvalue weighted by molar-refractivity contribution is -0.136. The highest BCUT2D eigenvalue weighted by molar-refractivity contribution is 5.91. The van der Waals surface area contributed by atoms with Crippen LogP contribution in [0.15, 0.2) is 0 Å². The van der Waals surface area contributed by atoms with Crippen LogP contribution in [-0.2, 0) is 14.4 Å². The van der Waals surface area contributed by atoms with Gasteiger partial charge in [0.15, 0.2) is 0 Å². The van der Waals surface area contributed by atoms with Gasteiger partial charge < -0.3 is 16.8 Å². The minimum Gasteiger partial charge on any atom is -0.368 e. The summed E-state index contributed by atoms with van der Waals surface area (Å²) in [4.78, 5) is 34.6. The Kier molecular flexibility index (Phi) is 5.27. The van der Waals surface area contributed by atoms with E-state index in [0.29, 0.717) is 6.42 Å². The first-order chi connectivity index (χ1) is 8.47. The van der Waals surface area contributed by atoms with E-state index in [1.54, 1.807) is 0 Å². The smallest absolute Gasteiger partial charge is 0.241 e. The zero-order chi connectivity index (χ0) is 13.7. The molecule has 6 heteroatoms. The average molecular weight is 255 g/mol. The first-order valence-electron chi connectivity index (χ1n) is 6.27. The predicted octanol–water partition coefficient (Wildman–Crippen LogP) is -0.689. The molecule has 5 N–H and O–H groups in total. The summed E-state index contributed by atoms with van der Waals surface area (Å²) < 4.78 is 0. The molecule has 1 saturated carbocycles. The van der Waals surface area contributed by atoms with E-state index in [0.717, 1.165) is 19.3 Å². The van der Waals surface area contributed by atoms with E-state index in [1.165, 1.54) is 6.92 Å². The summed E-state index contributed by atoms with van der Waals surface area (Å²) in [5, 5.41) is 2.53. The summed E-state index contributed by atoms with van der Waals surface area (Å²) in [6.07, 6.45) is 3.29. The first kappa shape index (κ1) is 14.6. The van der Waals surface area contributed by atoms with E-state index >= 15 is 0 Å². The molecule has 1 fully saturated rings. The van der Waals surface area contributed by atoms with Crippen molar-refractivity contribution in [3.8, 4) is 0 Å². The second-order valence-corrected chi connectivity index (χ2v) is 4.81. The van der Waals surface area contributed by atoms with Crippen LogP contribution in [0.2, 0.25) is 0 Å². The van der Waals surface area contributed by atoms with Gasteiger partial charge >= 0.3 is 0 Å². The topological polar surface area (TPSA) is 115 Å². The summed E-state index contributed by atoms with van der Waals surface area (Å²) in [5.41, 5.74) is 10.5. The van der Waals surface area contributed by atoms with Gasteiger partial charge in [0.25, 0.3) is 0 Å². The van der Waals surface area contributed by atoms with Gasteiger partial charge in [-0.05, 0) is 19.8 Å². The highest BCUT2D eigenvalue weighted by Gasteiger charge is 2.34. The first-order valence-corrected chi connectivity index (χ1v) is 6.27. The maximum atomic E-state index is 12.1. The summed E-state index contributed by atoms with van der Waals surface area (Å²) in [7, 11) is 0. The Morgan fingerprint density at radius 3 is 2.22 bits per heavy atom. The molecular formula is C12H21N3O3. The molecule has 1 rings (SSSR count). The fraction of sp³-hybridized carbons (Fsp3) is 0.750. The van der Waals surface area contributed by atoms with Crippen LogP contribution < -0.4 is 16.8 Å². The van der Waals surface area contributed by atoms with Crippen molar-refractivity contribution in [2.24, 2.45) is 23.3 Å². The molecule has 0 aromatic carbocycles. The molecule has 0 heterocycles. The molecular weight excluding hydrogens is 234 g/mol. The van der Waals surface area contributed by atoms with Crippen LogP contribution in [0.5, 0.6) is 0 Å². The van der Waals surface area contributed by atoms with Crippen LogP contribution in [-0.4, -0.2) is 30.2 Å². The Morgan fingerprint density at radius 1 is 1.22 bits per heavy atom. The second-order valence-electron chi connectivity index (χ2n) is 4.81. The Balaban J connectivity index is 2.68. The summed E-state index contributed by atoms with van der Waals surface area (Å²) >= 11 is 0. The molecule has 0 saturated heterocycles. The minimum absolute atomic E-state index is 0.0261. The Morgan fingerprint density at radius 2 is 1.78 bits per heavy atom. The SMILES string of the molecule is CC(=O)[C@H]1CCCC[C@H]1C(=O)N[C@H](CN)C(N)=O. The molecule has 0 aliphatic heterocycles. The third kappa shape index (κ3) is 3.53. The maximum Gasteiger partial charge on any atom is 0.241 e. The van der Waals surface area contributed by atoms with Crippen molar-refractivity contribution < 1.29 is 14.4 Å². The second kappa shape index (κ2) is 6.49. The van der Waals surface area contributed by atoms with Gasteiger partial charge in [-0.25, -0.2) is 0 Å². The Labute approximate surface area is 106 Å². The van der Waals surface area contributed by atoms with E-state index < -0.39 is 11.9 Å². The van der Waals surface area contributed by atoms with E-state index in [-0.39, 0.29) is 30.1 Å². The van der Waals surface area contributed by atoms with Crippen LogP contribution in [0.1, 0.15) is 32.6 Å². The number of nitrogens with one attached hydrogen (secondary N) is 1. The van der Waals surface area contributed by atoms with Crippen LogP contribution in [0, 0.1) is 11.8 Å². The molecule has 1 aliphatic carbocycles. The van der Waals surface area contributed by atoms with Gasteiger partial charge in [0.1, 0.15) is 11.8 Å². The van der Waals surface area contributed by atoms with Crippen molar-refractivity contribution in [2.75, 3.05) is 6.54 Å². The van der Waals surface area contributed by atoms with Crippen molar-refractivity contribution in [2.45, 2.75) is 38.6 Å². The number of nitrogens with two attached hydrogens (primary N) is 2. The molecule has 0 unspecified atom stereocenters. The van der Waals surface area contributed by atoms with Gasteiger partial charge in [0, 0.05) is 18.4 Å². The van der Waals surface area contributed by atoms with Crippen molar-refractivity contribution in [3.63, 3.8) is 0 Å². The Hall–Kier alpha value is -1.43. The molecule has 102 valence electrons. The standard InChI is InChI=1S/C12H21N3O3/c1-7(16)8-4-2-3-5-9(8)12(18)15-10(6-13)11(14)17/h8-10H,2-6,13H2,1H3,(H2,14,17)(H,15,18)/t8-,9-,10-/m1/s1. The third-order valence-corrected chi connectivity index (χ3v) is 3.52. The molecule has 0 bridgehead atoms. The van der Waals surface area contributed by atoms with Crippen molar-refractivity contribution in [3.05, 3.63) is 0 Å². The van der Waals surface area contributed by atoms with E-state index in [4.69, 9.17) is 11.5 Å². The van der Waals surface area contributed by atoms with Crippen LogP contribution in [0.4, 0.5) is 0 Å². The van der Waals surface area contributed by atoms with Crippen molar-refractivity contribution >= 4 is 17.6 Å². The van der Waals surface area contributed by atoms with Crippen molar-refractivity contribution in [1.82, 2.24) is 5.32 Å². The summed E-state index contributed by atoms with van der Waals surface area (Å²) in [6, 6.07) is -0.855. The fourth-order valence-electron chi connectivity index (χ4n) is 2.46. The normalized spacial score (nSPS) is 25.2. The molecule has 0 aromatic rings. The largest absolute Gasteiger partial charge is 0.368 e. The predicted molar refractivity (Wildman–Crippen MR) is 66.3 cm³/mol. The van der Waals surface area contributed by atoms with Gasteiger partial charge in [0.05, 0.1) is 0 Å². The van der Waals surface area contributed by atoms with Gasteiger partial charge in [-0.3, -0.25) is 14.4 Å². The lowest BCUT2D eigenvalue weighted by Gasteiger charge is -2.29. The number of rotatable bonds is 5. The third-order valence-electron chi connectivity index (χ3n) is 3.52. The van der Waals surface area contributed by atoms with E-state index in [1.807, 2.05) is 0 Å². The quantitative estimate of drug-likeness (QED) is 0.603. The van der Waals surface area contributed by atoms with Gasteiger partial charge in [-0.2, -0.15) is 0 Å². The number of Topliss-reactive ketones (excluding diaryl/α,β-unsaturated/α-hetero) is 1. The van der Waals surface area contributed by atoms with Gasteiger partial charge in [-0.1, -0.05) is 12.8 Å². The zero-order valence-corrected chi connectivity index (χ0v) is 10.6. The minimum atomic E-state index is -0.855. The Bertz CT molecular complexity index is 343. The molecule has 18 heavy (non-hydrogen) atoms. The van der Waals surface area contributed by atoms with Crippen molar-refractivity contribution in [1.29, 1.82) is 0 Å². The molecule has 1 aliphatic rings. The summed E-state index contributed by atoms with van der Waals surface area (Å²) in [5.74, 6) is -1.52. The average Bonchev–Trinajstić information content (AvgIpc) is 2.35. The highest BCUT2D eigenvalue weighted by Crippen LogP contribution is 2.30. The number of primary amides is 1. The highest BCUT2D eigenvalue weighted by atomic mass is 16.2. The lowest BCUT2D eigenvalue weighted by Crippen LogP contribution is -2.52. The lowest BCUT2D eigenvalue weighted by atomic mass is 9.76. The van der Waals surface area contributed by atoms with Crippen LogP contribution >= 0.6 is 0 Å². The number of carbonyl (C=O) groups is 3. The van der Waals surface area contributed by atoms with Gasteiger partial charge in [0.2, 0.25) is 11.8 Å².